The zero-order chi connectivity index (χ0) is 24.8. The van der Waals surface area contributed by atoms with Crippen molar-refractivity contribution in [2.24, 2.45) is 28.5 Å². The zero-order valence-electron chi connectivity index (χ0n) is 19.1. The first-order valence-electron chi connectivity index (χ1n) is 11.2. The first kappa shape index (κ1) is 25.6. The summed E-state index contributed by atoms with van der Waals surface area (Å²) < 4.78 is 42.2. The molecule has 0 aliphatic heterocycles. The highest BCUT2D eigenvalue weighted by molar-refractivity contribution is 5.93. The molecule has 1 fully saturated rings. The van der Waals surface area contributed by atoms with Crippen LogP contribution in [0.1, 0.15) is 43.6 Å². The van der Waals surface area contributed by atoms with Crippen LogP contribution in [0.5, 0.6) is 0 Å². The van der Waals surface area contributed by atoms with Gasteiger partial charge < -0.3 is 16.2 Å². The number of halogens is 3. The fraction of sp³-hybridized carbons (Fsp3) is 0.400. The Hall–Kier alpha value is -3.04. The second kappa shape index (κ2) is 11.4. The summed E-state index contributed by atoms with van der Waals surface area (Å²) in [7, 11) is 0. The molecule has 3 rings (SSSR count). The minimum Gasteiger partial charge on any atom is -0.391 e. The van der Waals surface area contributed by atoms with Gasteiger partial charge in [-0.15, -0.1) is 0 Å². The fourth-order valence-electron chi connectivity index (χ4n) is 4.27. The summed E-state index contributed by atoms with van der Waals surface area (Å²) in [6.07, 6.45) is 6.38. The Labute approximate surface area is 196 Å². The molecule has 5 atom stereocenters. The monoisotopic (exact) mass is 474 g/mol. The molecule has 1 amide bonds. The molecule has 2 aromatic rings. The molecule has 4 N–H and O–H groups in total. The zero-order valence-corrected chi connectivity index (χ0v) is 19.1. The lowest BCUT2D eigenvalue weighted by atomic mass is 9.72. The molecule has 0 bridgehead atoms. The Bertz CT molecular complexity index is 1040. The number of benzene rings is 1. The number of aliphatic imine (C=N–C) groups is 1. The van der Waals surface area contributed by atoms with Gasteiger partial charge in [0.1, 0.15) is 28.8 Å². The van der Waals surface area contributed by atoms with E-state index < -0.39 is 40.7 Å². The molecule has 1 saturated carbocycles. The van der Waals surface area contributed by atoms with E-state index in [4.69, 9.17) is 5.73 Å². The summed E-state index contributed by atoms with van der Waals surface area (Å²) in [5.41, 5.74) is 4.62. The lowest BCUT2D eigenvalue weighted by Crippen LogP contribution is -2.46. The van der Waals surface area contributed by atoms with Crippen molar-refractivity contribution in [3.05, 3.63) is 65.9 Å². The quantitative estimate of drug-likeness (QED) is 0.524. The maximum atomic E-state index is 14.2. The number of hydrogen-bond donors (Lipinski definition) is 3. The summed E-state index contributed by atoms with van der Waals surface area (Å²) in [5, 5.41) is 12.5. The molecule has 1 aliphatic carbocycles. The molecule has 0 spiro atoms. The van der Waals surface area contributed by atoms with Crippen molar-refractivity contribution in [2.45, 2.75) is 45.3 Å². The minimum absolute atomic E-state index is 0.165. The fourth-order valence-corrected chi connectivity index (χ4v) is 4.27. The third-order valence-electron chi connectivity index (χ3n) is 6.31. The average molecular weight is 475 g/mol. The number of aliphatic hydroxyl groups is 1. The highest BCUT2D eigenvalue weighted by atomic mass is 19.1. The van der Waals surface area contributed by atoms with Crippen LogP contribution < -0.4 is 11.1 Å². The molecular weight excluding hydrogens is 445 g/mol. The molecule has 9 heteroatoms. The lowest BCUT2D eigenvalue weighted by molar-refractivity contribution is 0.0270. The van der Waals surface area contributed by atoms with Gasteiger partial charge in [-0.3, -0.25) is 9.79 Å². The Balaban J connectivity index is 1.56. The van der Waals surface area contributed by atoms with Crippen LogP contribution in [-0.2, 0) is 0 Å². The van der Waals surface area contributed by atoms with Crippen LogP contribution in [0, 0.1) is 35.2 Å². The minimum atomic E-state index is -0.978. The number of carbonyl (C=O) groups is 1. The maximum absolute atomic E-state index is 14.2. The van der Waals surface area contributed by atoms with Crippen LogP contribution in [0.15, 0.2) is 47.7 Å². The van der Waals surface area contributed by atoms with E-state index >= 15 is 0 Å². The molecule has 0 saturated heterocycles. The second-order valence-corrected chi connectivity index (χ2v) is 8.82. The largest absolute Gasteiger partial charge is 0.391 e. The van der Waals surface area contributed by atoms with Gasteiger partial charge in [0.25, 0.3) is 5.91 Å². The maximum Gasteiger partial charge on any atom is 0.273 e. The third-order valence-corrected chi connectivity index (χ3v) is 6.31. The van der Waals surface area contributed by atoms with Crippen molar-refractivity contribution in [2.75, 3.05) is 0 Å². The molecule has 6 nitrogen and oxygen atoms in total. The van der Waals surface area contributed by atoms with E-state index in [1.165, 1.54) is 12.4 Å². The van der Waals surface area contributed by atoms with Gasteiger partial charge in [-0.2, -0.15) is 0 Å². The number of nitrogens with two attached hydrogens (primary N) is 1. The van der Waals surface area contributed by atoms with Crippen molar-refractivity contribution in [1.82, 2.24) is 10.3 Å². The number of rotatable bonds is 7. The van der Waals surface area contributed by atoms with Gasteiger partial charge in [0.2, 0.25) is 0 Å². The molecule has 182 valence electrons. The summed E-state index contributed by atoms with van der Waals surface area (Å²) in [4.78, 5) is 20.3. The summed E-state index contributed by atoms with van der Waals surface area (Å²) in [6, 6.07) is 4.98. The van der Waals surface area contributed by atoms with Gasteiger partial charge in [-0.05, 0) is 61.3 Å². The van der Waals surface area contributed by atoms with Crippen molar-refractivity contribution >= 4 is 12.1 Å². The molecule has 1 aliphatic rings. The van der Waals surface area contributed by atoms with Crippen LogP contribution in [0.25, 0.3) is 11.3 Å². The molecule has 0 radical (unpaired) electrons. The van der Waals surface area contributed by atoms with E-state index in [0.717, 1.165) is 49.6 Å². The van der Waals surface area contributed by atoms with Crippen LogP contribution >= 0.6 is 0 Å². The number of nitrogens with one attached hydrogen (secondary N) is 1. The first-order chi connectivity index (χ1) is 16.2. The highest BCUT2D eigenvalue weighted by Gasteiger charge is 2.34. The summed E-state index contributed by atoms with van der Waals surface area (Å²) in [6.45, 7) is 4.13. The third kappa shape index (κ3) is 6.09. The van der Waals surface area contributed by atoms with Crippen molar-refractivity contribution in [1.29, 1.82) is 0 Å². The Morgan fingerprint density at radius 3 is 2.62 bits per heavy atom. The number of amides is 1. The van der Waals surface area contributed by atoms with Crippen LogP contribution in [0.2, 0.25) is 0 Å². The topological polar surface area (TPSA) is 101 Å². The summed E-state index contributed by atoms with van der Waals surface area (Å²) in [5.74, 6) is -2.67. The van der Waals surface area contributed by atoms with Crippen molar-refractivity contribution in [3.8, 4) is 11.3 Å². The predicted octanol–water partition coefficient (Wildman–Crippen LogP) is 4.20. The number of pyridine rings is 1. The number of hydrogen-bond acceptors (Lipinski definition) is 5. The second-order valence-electron chi connectivity index (χ2n) is 8.82. The number of nitrogens with zero attached hydrogens (tertiary/aromatic N) is 2. The van der Waals surface area contributed by atoms with E-state index in [0.29, 0.717) is 11.8 Å². The number of carbonyl (C=O) groups excluding carboxylic acids is 1. The van der Waals surface area contributed by atoms with Crippen LogP contribution in [0.3, 0.4) is 0 Å². The molecular formula is C25H29F3N4O2. The number of aliphatic hydroxyl groups excluding tert-OH is 1. The average Bonchev–Trinajstić information content (AvgIpc) is 2.80. The van der Waals surface area contributed by atoms with Crippen LogP contribution in [0.4, 0.5) is 13.2 Å². The molecule has 1 aromatic carbocycles. The Kier molecular flexibility index (Phi) is 8.57. The standard InChI is InChI=1S/C25H29F3N4O2/c1-14(16-12-15(2)24(33)20(29)13-16)8-9-30-10-11-31-25(34)21-7-6-19(28)23(32-21)22-17(26)4-3-5-18(22)27/h3-7,9-11,14-16,20,24,33H,8,12-13,29H2,1-2H3,(H,31,34)/b11-10+,30-9?. The van der Waals surface area contributed by atoms with Gasteiger partial charge in [-0.1, -0.05) is 19.9 Å². The molecule has 34 heavy (non-hydrogen) atoms. The van der Waals surface area contributed by atoms with E-state index in [1.54, 1.807) is 6.21 Å². The molecule has 5 unspecified atom stereocenters. The molecule has 1 aromatic heterocycles. The van der Waals surface area contributed by atoms with E-state index in [2.05, 4.69) is 22.2 Å². The van der Waals surface area contributed by atoms with E-state index in [-0.39, 0.29) is 17.7 Å². The van der Waals surface area contributed by atoms with Crippen molar-refractivity contribution in [3.63, 3.8) is 0 Å². The Morgan fingerprint density at radius 1 is 1.24 bits per heavy atom. The van der Waals surface area contributed by atoms with E-state index in [1.807, 2.05) is 6.92 Å². The van der Waals surface area contributed by atoms with Crippen molar-refractivity contribution < 1.29 is 23.1 Å². The van der Waals surface area contributed by atoms with Gasteiger partial charge in [0, 0.05) is 24.7 Å². The SMILES string of the molecule is CC(CC=N/C=C/NC(=O)c1ccc(F)c(-c2c(F)cccc2F)n1)C1CC(C)C(O)C(N)C1. The summed E-state index contributed by atoms with van der Waals surface area (Å²) >= 11 is 0. The van der Waals surface area contributed by atoms with Gasteiger partial charge >= 0.3 is 0 Å². The smallest absolute Gasteiger partial charge is 0.273 e. The van der Waals surface area contributed by atoms with Gasteiger partial charge in [-0.25, -0.2) is 18.2 Å². The van der Waals surface area contributed by atoms with Crippen LogP contribution in [-0.4, -0.2) is 34.4 Å². The first-order valence-corrected chi connectivity index (χ1v) is 11.2. The number of aromatic nitrogens is 1. The normalized spacial score (nSPS) is 24.0. The van der Waals surface area contributed by atoms with Gasteiger partial charge in [0.15, 0.2) is 0 Å². The van der Waals surface area contributed by atoms with E-state index in [9.17, 15) is 23.1 Å². The molecule has 1 heterocycles. The predicted molar refractivity (Wildman–Crippen MR) is 124 cm³/mol. The Morgan fingerprint density at radius 2 is 1.94 bits per heavy atom. The highest BCUT2D eigenvalue weighted by Crippen LogP contribution is 2.34. The lowest BCUT2D eigenvalue weighted by Gasteiger charge is -2.38. The van der Waals surface area contributed by atoms with Gasteiger partial charge in [0.05, 0.1) is 11.7 Å².